The zero-order valence-electron chi connectivity index (χ0n) is 11.2. The van der Waals surface area contributed by atoms with Gasteiger partial charge in [-0.1, -0.05) is 28.1 Å². The number of hydrogen-bond donors (Lipinski definition) is 1. The lowest BCUT2D eigenvalue weighted by Gasteiger charge is -2.35. The summed E-state index contributed by atoms with van der Waals surface area (Å²) < 4.78 is 1.16. The van der Waals surface area contributed by atoms with Crippen LogP contribution in [0.1, 0.15) is 5.56 Å². The summed E-state index contributed by atoms with van der Waals surface area (Å²) in [5.41, 5.74) is 1.36. The van der Waals surface area contributed by atoms with E-state index < -0.39 is 0 Å². The van der Waals surface area contributed by atoms with E-state index in [2.05, 4.69) is 69.4 Å². The summed E-state index contributed by atoms with van der Waals surface area (Å²) >= 11 is 3.52. The Kier molecular flexibility index (Phi) is 5.18. The van der Waals surface area contributed by atoms with Crippen LogP contribution in [0.4, 0.5) is 0 Å². The highest BCUT2D eigenvalue weighted by Gasteiger charge is 2.19. The first-order valence-electron chi connectivity index (χ1n) is 6.49. The zero-order chi connectivity index (χ0) is 13.0. The summed E-state index contributed by atoms with van der Waals surface area (Å²) in [5, 5.41) is 3.47. The van der Waals surface area contributed by atoms with Crippen molar-refractivity contribution in [3.63, 3.8) is 0 Å². The molecule has 0 aliphatic carbocycles. The molecule has 1 saturated heterocycles. The molecule has 1 atom stereocenters. The summed E-state index contributed by atoms with van der Waals surface area (Å²) in [6.45, 7) is 5.47. The number of rotatable bonds is 4. The van der Waals surface area contributed by atoms with Crippen molar-refractivity contribution in [2.75, 3.05) is 40.3 Å². The fourth-order valence-electron chi connectivity index (χ4n) is 2.44. The van der Waals surface area contributed by atoms with Crippen molar-refractivity contribution in [3.8, 4) is 0 Å². The second-order valence-electron chi connectivity index (χ2n) is 5.17. The van der Waals surface area contributed by atoms with Gasteiger partial charge in [-0.3, -0.25) is 4.90 Å². The lowest BCUT2D eigenvalue weighted by atomic mass is 10.1. The first-order chi connectivity index (χ1) is 8.65. The molecular formula is C14H22BrN3. The number of likely N-dealkylation sites (N-methyl/N-ethyl adjacent to an activating group) is 2. The van der Waals surface area contributed by atoms with Crippen molar-refractivity contribution in [1.29, 1.82) is 0 Å². The van der Waals surface area contributed by atoms with E-state index in [1.807, 2.05) is 0 Å². The van der Waals surface area contributed by atoms with Crippen LogP contribution in [0.25, 0.3) is 0 Å². The van der Waals surface area contributed by atoms with Gasteiger partial charge >= 0.3 is 0 Å². The molecule has 0 radical (unpaired) electrons. The van der Waals surface area contributed by atoms with Crippen LogP contribution in [0.15, 0.2) is 28.7 Å². The monoisotopic (exact) mass is 311 g/mol. The van der Waals surface area contributed by atoms with Gasteiger partial charge in [-0.2, -0.15) is 0 Å². The molecule has 0 saturated carbocycles. The van der Waals surface area contributed by atoms with E-state index in [-0.39, 0.29) is 0 Å². The van der Waals surface area contributed by atoms with Crippen LogP contribution in [0.3, 0.4) is 0 Å². The van der Waals surface area contributed by atoms with Gasteiger partial charge in [-0.25, -0.2) is 0 Å². The predicted molar refractivity (Wildman–Crippen MR) is 79.8 cm³/mol. The minimum atomic E-state index is 0.621. The third-order valence-corrected chi connectivity index (χ3v) is 4.00. The molecule has 100 valence electrons. The van der Waals surface area contributed by atoms with Crippen LogP contribution in [0, 0.1) is 0 Å². The number of nitrogens with one attached hydrogen (secondary N) is 1. The maximum atomic E-state index is 3.52. The van der Waals surface area contributed by atoms with Crippen LogP contribution in [0.2, 0.25) is 0 Å². The van der Waals surface area contributed by atoms with Crippen molar-refractivity contribution < 1.29 is 0 Å². The number of hydrogen-bond acceptors (Lipinski definition) is 3. The van der Waals surface area contributed by atoms with Crippen LogP contribution in [-0.2, 0) is 6.54 Å². The first-order valence-corrected chi connectivity index (χ1v) is 7.28. The molecule has 0 bridgehead atoms. The van der Waals surface area contributed by atoms with Gasteiger partial charge in [0.1, 0.15) is 0 Å². The SMILES string of the molecule is CN(Cc1cccc(Br)c1)CC1CNCCN1C. The number of halogens is 1. The molecule has 1 unspecified atom stereocenters. The van der Waals surface area contributed by atoms with Gasteiger partial charge < -0.3 is 10.2 Å². The van der Waals surface area contributed by atoms with Gasteiger partial charge in [0.05, 0.1) is 0 Å². The minimum Gasteiger partial charge on any atom is -0.314 e. The van der Waals surface area contributed by atoms with E-state index in [9.17, 15) is 0 Å². The quantitative estimate of drug-likeness (QED) is 0.914. The van der Waals surface area contributed by atoms with E-state index in [4.69, 9.17) is 0 Å². The summed E-state index contributed by atoms with van der Waals surface area (Å²) in [7, 11) is 4.42. The smallest absolute Gasteiger partial charge is 0.0345 e. The molecule has 1 aliphatic heterocycles. The van der Waals surface area contributed by atoms with Crippen molar-refractivity contribution in [3.05, 3.63) is 34.3 Å². The molecule has 1 N–H and O–H groups in total. The highest BCUT2D eigenvalue weighted by Crippen LogP contribution is 2.13. The normalized spacial score (nSPS) is 21.4. The Balaban J connectivity index is 1.86. The zero-order valence-corrected chi connectivity index (χ0v) is 12.8. The largest absolute Gasteiger partial charge is 0.314 e. The number of nitrogens with zero attached hydrogens (tertiary/aromatic N) is 2. The average molecular weight is 312 g/mol. The molecule has 0 spiro atoms. The molecule has 4 heteroatoms. The van der Waals surface area contributed by atoms with Crippen LogP contribution in [0.5, 0.6) is 0 Å². The standard InChI is InChI=1S/C14H22BrN3/c1-17(10-12-4-3-5-13(15)8-12)11-14-9-16-6-7-18(14)2/h3-5,8,14,16H,6-7,9-11H2,1-2H3. The summed E-state index contributed by atoms with van der Waals surface area (Å²) in [6, 6.07) is 9.17. The highest BCUT2D eigenvalue weighted by atomic mass is 79.9. The van der Waals surface area contributed by atoms with Crippen LogP contribution < -0.4 is 5.32 Å². The molecule has 2 rings (SSSR count). The van der Waals surface area contributed by atoms with Gasteiger partial charge in [-0.15, -0.1) is 0 Å². The fraction of sp³-hybridized carbons (Fsp3) is 0.571. The van der Waals surface area contributed by atoms with E-state index >= 15 is 0 Å². The average Bonchev–Trinajstić information content (AvgIpc) is 2.32. The molecule has 0 amide bonds. The Morgan fingerprint density at radius 2 is 2.33 bits per heavy atom. The molecule has 1 heterocycles. The lowest BCUT2D eigenvalue weighted by molar-refractivity contribution is 0.150. The lowest BCUT2D eigenvalue weighted by Crippen LogP contribution is -2.53. The van der Waals surface area contributed by atoms with E-state index in [1.165, 1.54) is 5.56 Å². The Bertz CT molecular complexity index is 383. The van der Waals surface area contributed by atoms with Crippen LogP contribution in [-0.4, -0.2) is 56.1 Å². The molecule has 1 aromatic carbocycles. The second-order valence-corrected chi connectivity index (χ2v) is 6.08. The maximum Gasteiger partial charge on any atom is 0.0345 e. The summed E-state index contributed by atoms with van der Waals surface area (Å²) in [5.74, 6) is 0. The van der Waals surface area contributed by atoms with Gasteiger partial charge in [0.15, 0.2) is 0 Å². The van der Waals surface area contributed by atoms with Crippen molar-refractivity contribution >= 4 is 15.9 Å². The molecule has 1 fully saturated rings. The Morgan fingerprint density at radius 1 is 1.50 bits per heavy atom. The number of piperazine rings is 1. The molecule has 3 nitrogen and oxygen atoms in total. The fourth-order valence-corrected chi connectivity index (χ4v) is 2.88. The molecule has 0 aromatic heterocycles. The second kappa shape index (κ2) is 6.66. The van der Waals surface area contributed by atoms with Crippen molar-refractivity contribution in [2.24, 2.45) is 0 Å². The minimum absolute atomic E-state index is 0.621. The van der Waals surface area contributed by atoms with Crippen molar-refractivity contribution in [1.82, 2.24) is 15.1 Å². The first kappa shape index (κ1) is 14.0. The van der Waals surface area contributed by atoms with E-state index in [0.29, 0.717) is 6.04 Å². The van der Waals surface area contributed by atoms with E-state index in [0.717, 1.165) is 37.2 Å². The topological polar surface area (TPSA) is 18.5 Å². The van der Waals surface area contributed by atoms with Gasteiger partial charge in [-0.05, 0) is 31.8 Å². The Hall–Kier alpha value is -0.420. The van der Waals surface area contributed by atoms with Gasteiger partial charge in [0.2, 0.25) is 0 Å². The Morgan fingerprint density at radius 3 is 3.06 bits per heavy atom. The van der Waals surface area contributed by atoms with Crippen molar-refractivity contribution in [2.45, 2.75) is 12.6 Å². The third kappa shape index (κ3) is 4.05. The molecule has 18 heavy (non-hydrogen) atoms. The van der Waals surface area contributed by atoms with E-state index in [1.54, 1.807) is 0 Å². The van der Waals surface area contributed by atoms with Gasteiger partial charge in [0, 0.05) is 43.2 Å². The van der Waals surface area contributed by atoms with Crippen LogP contribution >= 0.6 is 15.9 Å². The molecule has 1 aliphatic rings. The molecule has 1 aromatic rings. The molecular weight excluding hydrogens is 290 g/mol. The highest BCUT2D eigenvalue weighted by molar-refractivity contribution is 9.10. The summed E-state index contributed by atoms with van der Waals surface area (Å²) in [4.78, 5) is 4.85. The summed E-state index contributed by atoms with van der Waals surface area (Å²) in [6.07, 6.45) is 0. The Labute approximate surface area is 118 Å². The maximum absolute atomic E-state index is 3.52. The predicted octanol–water partition coefficient (Wildman–Crippen LogP) is 1.78. The number of benzene rings is 1. The third-order valence-electron chi connectivity index (χ3n) is 3.51. The van der Waals surface area contributed by atoms with Gasteiger partial charge in [0.25, 0.3) is 0 Å².